The fourth-order valence-corrected chi connectivity index (χ4v) is 3.27. The quantitative estimate of drug-likeness (QED) is 0.492. The third kappa shape index (κ3) is 3.68. The molecule has 3 rings (SSSR count). The summed E-state index contributed by atoms with van der Waals surface area (Å²) in [6.45, 7) is 1.89. The molecule has 1 atom stereocenters. The van der Waals surface area contributed by atoms with E-state index in [-0.39, 0.29) is 23.6 Å². The maximum Gasteiger partial charge on any atom is 0.251 e. The number of pyridine rings is 1. The van der Waals surface area contributed by atoms with E-state index in [4.69, 9.17) is 0 Å². The van der Waals surface area contributed by atoms with Crippen molar-refractivity contribution >= 4 is 29.3 Å². The normalized spacial score (nSPS) is 14.0. The summed E-state index contributed by atoms with van der Waals surface area (Å²) in [6, 6.07) is 10.6. The average molecular weight is 343 g/mol. The number of rotatable bonds is 5. The van der Waals surface area contributed by atoms with Gasteiger partial charge in [0, 0.05) is 17.8 Å². The van der Waals surface area contributed by atoms with Crippen molar-refractivity contribution in [2.75, 3.05) is 11.1 Å². The van der Waals surface area contributed by atoms with Crippen molar-refractivity contribution in [1.82, 2.24) is 5.32 Å². The highest BCUT2D eigenvalue weighted by Crippen LogP contribution is 2.26. The molecule has 0 radical (unpaired) electrons. The van der Waals surface area contributed by atoms with Crippen LogP contribution in [0.15, 0.2) is 47.6 Å². The highest BCUT2D eigenvalue weighted by atomic mass is 32.2. The molecule has 24 heavy (non-hydrogen) atoms. The molecule has 0 saturated carbocycles. The summed E-state index contributed by atoms with van der Waals surface area (Å²) in [7, 11) is 0. The van der Waals surface area contributed by atoms with Crippen LogP contribution in [-0.4, -0.2) is 17.6 Å². The van der Waals surface area contributed by atoms with Gasteiger partial charge in [-0.2, -0.15) is 4.73 Å². The van der Waals surface area contributed by atoms with Gasteiger partial charge >= 0.3 is 0 Å². The molecule has 7 heteroatoms. The lowest BCUT2D eigenvalue weighted by Gasteiger charge is -2.15. The molecule has 0 fully saturated rings. The molecule has 2 heterocycles. The second kappa shape index (κ2) is 6.92. The zero-order valence-corrected chi connectivity index (χ0v) is 13.9. The van der Waals surface area contributed by atoms with E-state index in [0.29, 0.717) is 11.4 Å². The standard InChI is InChI=1S/C17H17N3O3S/c1-11(12-5-6-14-13(8-12)9-15(21)19-14)18-16(22)10-24-17-4-2-3-7-20(17)23/h2-8,11H,9-10H2,1H3,(H,18,22)(H,19,21). The first-order valence-corrected chi connectivity index (χ1v) is 8.54. The van der Waals surface area contributed by atoms with Crippen molar-refractivity contribution in [2.45, 2.75) is 24.4 Å². The Hall–Kier alpha value is -2.54. The molecule has 1 aromatic heterocycles. The molecule has 1 unspecified atom stereocenters. The van der Waals surface area contributed by atoms with E-state index in [0.717, 1.165) is 21.5 Å². The second-order valence-electron chi connectivity index (χ2n) is 5.58. The number of nitrogens with one attached hydrogen (secondary N) is 2. The number of amides is 2. The van der Waals surface area contributed by atoms with Crippen molar-refractivity contribution in [3.8, 4) is 0 Å². The van der Waals surface area contributed by atoms with Crippen LogP contribution in [0.5, 0.6) is 0 Å². The summed E-state index contributed by atoms with van der Waals surface area (Å²) in [5.41, 5.74) is 2.73. The number of hydrogen-bond donors (Lipinski definition) is 2. The fourth-order valence-electron chi connectivity index (χ4n) is 2.55. The summed E-state index contributed by atoms with van der Waals surface area (Å²) in [5, 5.41) is 17.7. The first-order valence-electron chi connectivity index (χ1n) is 7.56. The summed E-state index contributed by atoms with van der Waals surface area (Å²) in [6.07, 6.45) is 1.78. The number of anilines is 1. The van der Waals surface area contributed by atoms with Gasteiger partial charge in [0.1, 0.15) is 0 Å². The Morgan fingerprint density at radius 1 is 1.42 bits per heavy atom. The summed E-state index contributed by atoms with van der Waals surface area (Å²) < 4.78 is 0.742. The van der Waals surface area contributed by atoms with Crippen LogP contribution in [0, 0.1) is 5.21 Å². The molecule has 2 amide bonds. The molecule has 2 aromatic rings. The van der Waals surface area contributed by atoms with Crippen molar-refractivity contribution in [3.63, 3.8) is 0 Å². The molecule has 1 aromatic carbocycles. The monoisotopic (exact) mass is 343 g/mol. The number of carbonyl (C=O) groups is 2. The van der Waals surface area contributed by atoms with Crippen molar-refractivity contribution in [3.05, 3.63) is 58.9 Å². The van der Waals surface area contributed by atoms with Gasteiger partial charge in [0.25, 0.3) is 5.03 Å². The number of nitrogens with zero attached hydrogens (tertiary/aromatic N) is 1. The molecule has 1 aliphatic heterocycles. The Morgan fingerprint density at radius 3 is 3.04 bits per heavy atom. The lowest BCUT2D eigenvalue weighted by atomic mass is 10.0. The molecule has 6 nitrogen and oxygen atoms in total. The van der Waals surface area contributed by atoms with Gasteiger partial charge in [0.15, 0.2) is 6.20 Å². The minimum Gasteiger partial charge on any atom is -0.618 e. The van der Waals surface area contributed by atoms with Crippen LogP contribution in [0.1, 0.15) is 24.1 Å². The topological polar surface area (TPSA) is 85.1 Å². The maximum atomic E-state index is 12.1. The summed E-state index contributed by atoms with van der Waals surface area (Å²) >= 11 is 1.20. The Labute approximate surface area is 143 Å². The predicted octanol–water partition coefficient (Wildman–Crippen LogP) is 1.78. The molecule has 0 spiro atoms. The molecular weight excluding hydrogens is 326 g/mol. The molecule has 0 saturated heterocycles. The van der Waals surface area contributed by atoms with Crippen molar-refractivity contribution in [2.24, 2.45) is 0 Å². The van der Waals surface area contributed by atoms with E-state index in [2.05, 4.69) is 10.6 Å². The van der Waals surface area contributed by atoms with Gasteiger partial charge in [0.2, 0.25) is 11.8 Å². The number of fused-ring (bicyclic) bond motifs is 1. The molecule has 1 aliphatic rings. The summed E-state index contributed by atoms with van der Waals surface area (Å²) in [4.78, 5) is 23.5. The van der Waals surface area contributed by atoms with E-state index < -0.39 is 0 Å². The van der Waals surface area contributed by atoms with Gasteiger partial charge in [-0.05, 0) is 41.9 Å². The van der Waals surface area contributed by atoms with Crippen LogP contribution in [0.25, 0.3) is 0 Å². The number of carbonyl (C=O) groups excluding carboxylic acids is 2. The Balaban J connectivity index is 1.58. The van der Waals surface area contributed by atoms with Crippen molar-refractivity contribution < 1.29 is 14.3 Å². The first kappa shape index (κ1) is 16.3. The van der Waals surface area contributed by atoms with Crippen LogP contribution in [0.4, 0.5) is 5.69 Å². The number of thioether (sulfide) groups is 1. The third-order valence-electron chi connectivity index (χ3n) is 3.77. The maximum absolute atomic E-state index is 12.1. The minimum atomic E-state index is -0.172. The van der Waals surface area contributed by atoms with Crippen LogP contribution >= 0.6 is 11.8 Å². The molecule has 0 aliphatic carbocycles. The van der Waals surface area contributed by atoms with E-state index in [1.165, 1.54) is 18.0 Å². The Morgan fingerprint density at radius 2 is 2.25 bits per heavy atom. The van der Waals surface area contributed by atoms with Gasteiger partial charge in [0.05, 0.1) is 18.2 Å². The van der Waals surface area contributed by atoms with Crippen molar-refractivity contribution in [1.29, 1.82) is 0 Å². The highest BCUT2D eigenvalue weighted by Gasteiger charge is 2.19. The average Bonchev–Trinajstić information content (AvgIpc) is 2.93. The number of benzene rings is 1. The first-order chi connectivity index (χ1) is 11.5. The van der Waals surface area contributed by atoms with Gasteiger partial charge in [-0.25, -0.2) is 0 Å². The van der Waals surface area contributed by atoms with Crippen LogP contribution < -0.4 is 15.4 Å². The Bertz CT molecular complexity index is 794. The van der Waals surface area contributed by atoms with Gasteiger partial charge in [-0.3, -0.25) is 9.59 Å². The SMILES string of the molecule is CC(NC(=O)CSc1cccc[n+]1[O-])c1ccc2c(c1)CC(=O)N2. The van der Waals surface area contributed by atoms with E-state index >= 15 is 0 Å². The fraction of sp³-hybridized carbons (Fsp3) is 0.235. The number of hydrogen-bond acceptors (Lipinski definition) is 4. The van der Waals surface area contributed by atoms with Gasteiger partial charge < -0.3 is 15.8 Å². The summed E-state index contributed by atoms with van der Waals surface area (Å²) in [5.74, 6) is 0.0109. The smallest absolute Gasteiger partial charge is 0.251 e. The lowest BCUT2D eigenvalue weighted by molar-refractivity contribution is -0.645. The zero-order valence-electron chi connectivity index (χ0n) is 13.1. The van der Waals surface area contributed by atoms with Gasteiger partial charge in [-0.15, -0.1) is 0 Å². The van der Waals surface area contributed by atoms with Gasteiger partial charge in [-0.1, -0.05) is 12.1 Å². The number of aromatic nitrogens is 1. The van der Waals surface area contributed by atoms with Crippen LogP contribution in [0.3, 0.4) is 0 Å². The van der Waals surface area contributed by atoms with Crippen LogP contribution in [0.2, 0.25) is 0 Å². The minimum absolute atomic E-state index is 0.0102. The highest BCUT2D eigenvalue weighted by molar-refractivity contribution is 7.99. The van der Waals surface area contributed by atoms with E-state index in [9.17, 15) is 14.8 Å². The van der Waals surface area contributed by atoms with Crippen LogP contribution in [-0.2, 0) is 16.0 Å². The van der Waals surface area contributed by atoms with E-state index in [1.807, 2.05) is 25.1 Å². The predicted molar refractivity (Wildman–Crippen MR) is 91.5 cm³/mol. The Kier molecular flexibility index (Phi) is 4.71. The molecule has 0 bridgehead atoms. The molecule has 2 N–H and O–H groups in total. The second-order valence-corrected chi connectivity index (χ2v) is 6.58. The molecule has 124 valence electrons. The molecular formula is C17H17N3O3S. The zero-order chi connectivity index (χ0) is 17.1. The lowest BCUT2D eigenvalue weighted by Crippen LogP contribution is -2.31. The largest absolute Gasteiger partial charge is 0.618 e. The third-order valence-corrected chi connectivity index (χ3v) is 4.79. The van der Waals surface area contributed by atoms with E-state index in [1.54, 1.807) is 18.2 Å².